The molecule has 1 aromatic carbocycles. The van der Waals surface area contributed by atoms with E-state index < -0.39 is 17.7 Å². The Bertz CT molecular complexity index is 310. The highest BCUT2D eigenvalue weighted by Gasteiger charge is 2.12. The Morgan fingerprint density at radius 1 is 1.46 bits per heavy atom. The van der Waals surface area contributed by atoms with Crippen LogP contribution in [0.5, 0.6) is 0 Å². The average molecular weight is 183 g/mol. The van der Waals surface area contributed by atoms with Crippen LogP contribution in [0.25, 0.3) is 0 Å². The van der Waals surface area contributed by atoms with Crippen LogP contribution in [0.3, 0.4) is 0 Å². The largest absolute Gasteiger partial charge is 0.324 e. The Labute approximate surface area is 75.9 Å². The van der Waals surface area contributed by atoms with Crippen molar-refractivity contribution in [3.63, 3.8) is 0 Å². The van der Waals surface area contributed by atoms with Gasteiger partial charge in [-0.05, 0) is 12.5 Å². The molecular formula is C10H11F2N. The zero-order chi connectivity index (χ0) is 9.84. The standard InChI is InChI=1S/C10H11F2N/c1-2-4-9(13)7-5-3-6-8(11)10(7)12/h2-3,5-6,9H,1,4,13H2/t9-/m0/s1. The fourth-order valence-corrected chi connectivity index (χ4v) is 1.11. The van der Waals surface area contributed by atoms with Gasteiger partial charge in [0.1, 0.15) is 0 Å². The monoisotopic (exact) mass is 183 g/mol. The molecule has 1 atom stereocenters. The van der Waals surface area contributed by atoms with E-state index in [-0.39, 0.29) is 5.56 Å². The second-order valence-corrected chi connectivity index (χ2v) is 2.77. The van der Waals surface area contributed by atoms with Gasteiger partial charge in [0.05, 0.1) is 0 Å². The molecule has 0 bridgehead atoms. The fourth-order valence-electron chi connectivity index (χ4n) is 1.11. The molecule has 0 fully saturated rings. The summed E-state index contributed by atoms with van der Waals surface area (Å²) in [5.41, 5.74) is 5.79. The molecule has 0 aliphatic heterocycles. The van der Waals surface area contributed by atoms with Crippen LogP contribution in [-0.2, 0) is 0 Å². The molecule has 3 heteroatoms. The molecule has 70 valence electrons. The Hall–Kier alpha value is -1.22. The molecule has 0 amide bonds. The smallest absolute Gasteiger partial charge is 0.163 e. The topological polar surface area (TPSA) is 26.0 Å². The molecule has 0 heterocycles. The molecule has 1 aromatic rings. The molecule has 0 aromatic heterocycles. The Morgan fingerprint density at radius 2 is 2.15 bits per heavy atom. The third kappa shape index (κ3) is 2.12. The van der Waals surface area contributed by atoms with Crippen molar-refractivity contribution in [1.82, 2.24) is 0 Å². The predicted octanol–water partition coefficient (Wildman–Crippen LogP) is 2.54. The van der Waals surface area contributed by atoms with Crippen molar-refractivity contribution in [1.29, 1.82) is 0 Å². The van der Waals surface area contributed by atoms with Gasteiger partial charge in [0.2, 0.25) is 0 Å². The lowest BCUT2D eigenvalue weighted by Crippen LogP contribution is -2.11. The van der Waals surface area contributed by atoms with Gasteiger partial charge in [0.15, 0.2) is 11.6 Å². The van der Waals surface area contributed by atoms with Gasteiger partial charge in [-0.15, -0.1) is 6.58 Å². The predicted molar refractivity (Wildman–Crippen MR) is 48.1 cm³/mol. The number of benzene rings is 1. The summed E-state index contributed by atoms with van der Waals surface area (Å²) in [5, 5.41) is 0. The Kier molecular flexibility index (Phi) is 3.14. The van der Waals surface area contributed by atoms with Crippen molar-refractivity contribution in [2.75, 3.05) is 0 Å². The quantitative estimate of drug-likeness (QED) is 0.716. The minimum Gasteiger partial charge on any atom is -0.324 e. The highest BCUT2D eigenvalue weighted by Crippen LogP contribution is 2.19. The fraction of sp³-hybridized carbons (Fsp3) is 0.200. The van der Waals surface area contributed by atoms with E-state index in [4.69, 9.17) is 5.73 Å². The molecular weight excluding hydrogens is 172 g/mol. The second-order valence-electron chi connectivity index (χ2n) is 2.77. The maximum atomic E-state index is 13.1. The van der Waals surface area contributed by atoms with Gasteiger partial charge < -0.3 is 5.73 Å². The van der Waals surface area contributed by atoms with Crippen LogP contribution in [0.2, 0.25) is 0 Å². The maximum Gasteiger partial charge on any atom is 0.163 e. The average Bonchev–Trinajstić information content (AvgIpc) is 2.10. The molecule has 0 unspecified atom stereocenters. The van der Waals surface area contributed by atoms with Crippen molar-refractivity contribution >= 4 is 0 Å². The number of nitrogens with two attached hydrogens (primary N) is 1. The first-order valence-electron chi connectivity index (χ1n) is 3.97. The van der Waals surface area contributed by atoms with Crippen LogP contribution in [-0.4, -0.2) is 0 Å². The van der Waals surface area contributed by atoms with Crippen LogP contribution < -0.4 is 5.73 Å². The van der Waals surface area contributed by atoms with E-state index in [1.807, 2.05) is 0 Å². The summed E-state index contributed by atoms with van der Waals surface area (Å²) in [6.45, 7) is 3.48. The van der Waals surface area contributed by atoms with Crippen LogP contribution in [0.15, 0.2) is 30.9 Å². The Balaban J connectivity index is 3.00. The molecule has 1 rings (SSSR count). The molecule has 0 saturated heterocycles. The van der Waals surface area contributed by atoms with E-state index in [0.29, 0.717) is 6.42 Å². The minimum absolute atomic E-state index is 0.194. The Morgan fingerprint density at radius 3 is 2.77 bits per heavy atom. The third-order valence-electron chi connectivity index (χ3n) is 1.80. The first kappa shape index (κ1) is 9.86. The molecule has 1 nitrogen and oxygen atoms in total. The summed E-state index contributed by atoms with van der Waals surface area (Å²) in [4.78, 5) is 0. The third-order valence-corrected chi connectivity index (χ3v) is 1.80. The van der Waals surface area contributed by atoms with Gasteiger partial charge in [0, 0.05) is 11.6 Å². The normalized spacial score (nSPS) is 12.5. The lowest BCUT2D eigenvalue weighted by Gasteiger charge is -2.10. The summed E-state index contributed by atoms with van der Waals surface area (Å²) < 4.78 is 25.8. The molecule has 0 radical (unpaired) electrons. The van der Waals surface area contributed by atoms with Crippen molar-refractivity contribution in [3.05, 3.63) is 48.1 Å². The summed E-state index contributed by atoms with van der Waals surface area (Å²) >= 11 is 0. The highest BCUT2D eigenvalue weighted by atomic mass is 19.2. The van der Waals surface area contributed by atoms with E-state index in [2.05, 4.69) is 6.58 Å². The van der Waals surface area contributed by atoms with Gasteiger partial charge in [0.25, 0.3) is 0 Å². The SMILES string of the molecule is C=CC[C@H](N)c1cccc(F)c1F. The van der Waals surface area contributed by atoms with E-state index in [1.54, 1.807) is 6.08 Å². The van der Waals surface area contributed by atoms with Crippen LogP contribution in [0, 0.1) is 11.6 Å². The van der Waals surface area contributed by atoms with Gasteiger partial charge in [-0.3, -0.25) is 0 Å². The number of hydrogen-bond acceptors (Lipinski definition) is 1. The molecule has 2 N–H and O–H groups in total. The van der Waals surface area contributed by atoms with Crippen LogP contribution >= 0.6 is 0 Å². The second kappa shape index (κ2) is 4.14. The molecule has 0 saturated carbocycles. The van der Waals surface area contributed by atoms with Crippen LogP contribution in [0.1, 0.15) is 18.0 Å². The van der Waals surface area contributed by atoms with E-state index >= 15 is 0 Å². The molecule has 0 spiro atoms. The van der Waals surface area contributed by atoms with Crippen molar-refractivity contribution < 1.29 is 8.78 Å². The minimum atomic E-state index is -0.864. The summed E-state index contributed by atoms with van der Waals surface area (Å²) in [6.07, 6.45) is 2.01. The molecule has 0 aliphatic rings. The lowest BCUT2D eigenvalue weighted by molar-refractivity contribution is 0.489. The van der Waals surface area contributed by atoms with Gasteiger partial charge >= 0.3 is 0 Å². The summed E-state index contributed by atoms with van der Waals surface area (Å²) in [5.74, 6) is -1.73. The van der Waals surface area contributed by atoms with Crippen molar-refractivity contribution in [2.45, 2.75) is 12.5 Å². The summed E-state index contributed by atoms with van der Waals surface area (Å²) in [6, 6.07) is 3.47. The highest BCUT2D eigenvalue weighted by molar-refractivity contribution is 5.22. The maximum absolute atomic E-state index is 13.1. The number of rotatable bonds is 3. The lowest BCUT2D eigenvalue weighted by atomic mass is 10.0. The first-order valence-corrected chi connectivity index (χ1v) is 3.97. The van der Waals surface area contributed by atoms with Gasteiger partial charge in [-0.1, -0.05) is 18.2 Å². The van der Waals surface area contributed by atoms with Gasteiger partial charge in [-0.2, -0.15) is 0 Å². The zero-order valence-electron chi connectivity index (χ0n) is 7.13. The van der Waals surface area contributed by atoms with Crippen LogP contribution in [0.4, 0.5) is 8.78 Å². The number of halogens is 2. The molecule has 13 heavy (non-hydrogen) atoms. The zero-order valence-corrected chi connectivity index (χ0v) is 7.13. The first-order chi connectivity index (χ1) is 6.16. The van der Waals surface area contributed by atoms with E-state index in [0.717, 1.165) is 6.07 Å². The molecule has 0 aliphatic carbocycles. The van der Waals surface area contributed by atoms with Crippen molar-refractivity contribution in [2.24, 2.45) is 5.73 Å². The van der Waals surface area contributed by atoms with E-state index in [9.17, 15) is 8.78 Å². The van der Waals surface area contributed by atoms with Crippen molar-refractivity contribution in [3.8, 4) is 0 Å². The van der Waals surface area contributed by atoms with E-state index in [1.165, 1.54) is 12.1 Å². The summed E-state index contributed by atoms with van der Waals surface area (Å²) in [7, 11) is 0. The van der Waals surface area contributed by atoms with Gasteiger partial charge in [-0.25, -0.2) is 8.78 Å². The number of hydrogen-bond donors (Lipinski definition) is 1.